The van der Waals surface area contributed by atoms with Crippen LogP contribution in [0.1, 0.15) is 0 Å². The maximum atomic E-state index is 5.45. The molecule has 4 heteroatoms. The van der Waals surface area contributed by atoms with E-state index in [1.54, 1.807) is 0 Å². The Morgan fingerprint density at radius 3 is 2.88 bits per heavy atom. The number of nitrogens with zero attached hydrogens (tertiary/aromatic N) is 1. The molecule has 2 N–H and O–H groups in total. The molecule has 0 unspecified atom stereocenters. The fourth-order valence-corrected chi connectivity index (χ4v) is 1.75. The molecule has 0 aliphatic carbocycles. The second-order valence-electron chi connectivity index (χ2n) is 1.28. The number of halogens is 1. The second-order valence-corrected chi connectivity index (χ2v) is 3.37. The SMILES string of the molecule is NC1=CN(I)C=CS1. The van der Waals surface area contributed by atoms with Gasteiger partial charge >= 0.3 is 0 Å². The molecule has 0 saturated carbocycles. The molecule has 0 aromatic rings. The predicted molar refractivity (Wildman–Crippen MR) is 44.9 cm³/mol. The van der Waals surface area contributed by atoms with Gasteiger partial charge in [-0.25, -0.2) is 0 Å². The van der Waals surface area contributed by atoms with Gasteiger partial charge in [-0.2, -0.15) is 0 Å². The zero-order valence-corrected chi connectivity index (χ0v) is 7.02. The Hall–Kier alpha value is 0.160. The Morgan fingerprint density at radius 2 is 2.50 bits per heavy atom. The molecule has 1 aliphatic rings. The van der Waals surface area contributed by atoms with Crippen molar-refractivity contribution in [1.82, 2.24) is 3.11 Å². The van der Waals surface area contributed by atoms with Crippen LogP contribution in [-0.2, 0) is 0 Å². The van der Waals surface area contributed by atoms with E-state index in [1.165, 1.54) is 11.8 Å². The van der Waals surface area contributed by atoms with Crippen LogP contribution in [0.25, 0.3) is 0 Å². The Balaban J connectivity index is 2.60. The average Bonchev–Trinajstić information content (AvgIpc) is 1.64. The number of hydrogen-bond acceptors (Lipinski definition) is 3. The molecular formula is C4H5IN2S. The molecule has 44 valence electrons. The van der Waals surface area contributed by atoms with Crippen LogP contribution in [-0.4, -0.2) is 3.11 Å². The lowest BCUT2D eigenvalue weighted by Gasteiger charge is -2.09. The van der Waals surface area contributed by atoms with E-state index in [2.05, 4.69) is 22.9 Å². The van der Waals surface area contributed by atoms with Gasteiger partial charge in [-0.05, 0) is 5.41 Å². The van der Waals surface area contributed by atoms with Gasteiger partial charge in [-0.3, -0.25) is 3.11 Å². The Morgan fingerprint density at radius 1 is 1.75 bits per heavy atom. The van der Waals surface area contributed by atoms with E-state index in [9.17, 15) is 0 Å². The summed E-state index contributed by atoms with van der Waals surface area (Å²) in [6.45, 7) is 0. The summed E-state index contributed by atoms with van der Waals surface area (Å²) in [5.41, 5.74) is 5.45. The zero-order chi connectivity index (χ0) is 5.98. The summed E-state index contributed by atoms with van der Waals surface area (Å²) in [6.07, 6.45) is 3.81. The molecule has 2 nitrogen and oxygen atoms in total. The van der Waals surface area contributed by atoms with Crippen molar-refractivity contribution in [2.45, 2.75) is 0 Å². The van der Waals surface area contributed by atoms with E-state index >= 15 is 0 Å². The highest BCUT2D eigenvalue weighted by Crippen LogP contribution is 2.19. The monoisotopic (exact) mass is 240 g/mol. The van der Waals surface area contributed by atoms with Crippen molar-refractivity contribution in [2.75, 3.05) is 0 Å². The van der Waals surface area contributed by atoms with Gasteiger partial charge in [0, 0.05) is 12.4 Å². The maximum absolute atomic E-state index is 5.45. The van der Waals surface area contributed by atoms with Crippen LogP contribution in [0.15, 0.2) is 22.8 Å². The van der Waals surface area contributed by atoms with Crippen molar-refractivity contribution in [3.63, 3.8) is 0 Å². The van der Waals surface area contributed by atoms with E-state index < -0.39 is 0 Å². The normalized spacial score (nSPS) is 18.6. The quantitative estimate of drug-likeness (QED) is 0.515. The lowest BCUT2D eigenvalue weighted by Crippen LogP contribution is -2.01. The molecule has 0 fully saturated rings. The summed E-state index contributed by atoms with van der Waals surface area (Å²) in [4.78, 5) is 0. The van der Waals surface area contributed by atoms with E-state index in [1.807, 2.05) is 20.9 Å². The molecule has 0 radical (unpaired) electrons. The van der Waals surface area contributed by atoms with Crippen molar-refractivity contribution in [1.29, 1.82) is 0 Å². The van der Waals surface area contributed by atoms with E-state index in [4.69, 9.17) is 5.73 Å². The van der Waals surface area contributed by atoms with Gasteiger partial charge in [-0.15, -0.1) is 0 Å². The topological polar surface area (TPSA) is 29.3 Å². The first-order chi connectivity index (χ1) is 3.79. The standard InChI is InChI=1S/C4H5IN2S/c5-7-1-2-8-4(6)3-7/h1-3H,6H2. The van der Waals surface area contributed by atoms with Crippen LogP contribution in [0.3, 0.4) is 0 Å². The highest BCUT2D eigenvalue weighted by atomic mass is 127. The largest absolute Gasteiger partial charge is 0.392 e. The molecule has 0 amide bonds. The number of hydrogen-bond donors (Lipinski definition) is 1. The predicted octanol–water partition coefficient (Wildman–Crippen LogP) is 1.61. The molecule has 1 heterocycles. The minimum absolute atomic E-state index is 0.835. The van der Waals surface area contributed by atoms with Crippen LogP contribution >= 0.6 is 34.6 Å². The van der Waals surface area contributed by atoms with E-state index in [0.717, 1.165) is 5.03 Å². The molecule has 0 saturated heterocycles. The van der Waals surface area contributed by atoms with Gasteiger partial charge in [0.1, 0.15) is 0 Å². The van der Waals surface area contributed by atoms with Crippen LogP contribution in [0.2, 0.25) is 0 Å². The van der Waals surface area contributed by atoms with Crippen molar-refractivity contribution >= 4 is 34.6 Å². The van der Waals surface area contributed by atoms with Gasteiger partial charge in [0.2, 0.25) is 0 Å². The van der Waals surface area contributed by atoms with Crippen LogP contribution in [0, 0.1) is 0 Å². The molecule has 1 rings (SSSR count). The van der Waals surface area contributed by atoms with Gasteiger partial charge in [0.25, 0.3) is 0 Å². The first-order valence-corrected chi connectivity index (χ1v) is 3.88. The van der Waals surface area contributed by atoms with Crippen molar-refractivity contribution in [3.8, 4) is 0 Å². The molecule has 0 bridgehead atoms. The van der Waals surface area contributed by atoms with Crippen molar-refractivity contribution in [2.24, 2.45) is 5.73 Å². The van der Waals surface area contributed by atoms with Crippen LogP contribution < -0.4 is 5.73 Å². The minimum atomic E-state index is 0.835. The van der Waals surface area contributed by atoms with E-state index in [0.29, 0.717) is 0 Å². The lowest BCUT2D eigenvalue weighted by atomic mass is 10.8. The first kappa shape index (κ1) is 6.28. The van der Waals surface area contributed by atoms with Crippen LogP contribution in [0.5, 0.6) is 0 Å². The zero-order valence-electron chi connectivity index (χ0n) is 4.04. The highest BCUT2D eigenvalue weighted by Gasteiger charge is 1.96. The number of nitrogens with two attached hydrogens (primary N) is 1. The highest BCUT2D eigenvalue weighted by molar-refractivity contribution is 14.1. The van der Waals surface area contributed by atoms with Gasteiger partial charge in [-0.1, -0.05) is 11.8 Å². The van der Waals surface area contributed by atoms with E-state index in [-0.39, 0.29) is 0 Å². The molecule has 0 atom stereocenters. The maximum Gasteiger partial charge on any atom is 0.0872 e. The third kappa shape index (κ3) is 1.59. The van der Waals surface area contributed by atoms with Gasteiger partial charge in [0.05, 0.1) is 27.9 Å². The lowest BCUT2D eigenvalue weighted by molar-refractivity contribution is 0.908. The van der Waals surface area contributed by atoms with Gasteiger partial charge < -0.3 is 5.73 Å². The number of rotatable bonds is 0. The summed E-state index contributed by atoms with van der Waals surface area (Å²) >= 11 is 3.68. The Kier molecular flexibility index (Phi) is 2.07. The summed E-state index contributed by atoms with van der Waals surface area (Å²) in [5.74, 6) is 0. The van der Waals surface area contributed by atoms with Crippen molar-refractivity contribution in [3.05, 3.63) is 22.8 Å². The third-order valence-corrected chi connectivity index (χ3v) is 1.89. The molecule has 0 aromatic heterocycles. The smallest absolute Gasteiger partial charge is 0.0872 e. The number of thioether (sulfide) groups is 1. The van der Waals surface area contributed by atoms with Crippen molar-refractivity contribution < 1.29 is 0 Å². The first-order valence-electron chi connectivity index (χ1n) is 2.04. The molecule has 0 spiro atoms. The molecule has 0 aromatic carbocycles. The Labute approximate surface area is 66.3 Å². The fraction of sp³-hybridized carbons (Fsp3) is 0. The molecule has 8 heavy (non-hydrogen) atoms. The average molecular weight is 240 g/mol. The second kappa shape index (κ2) is 2.63. The molecular weight excluding hydrogens is 235 g/mol. The third-order valence-electron chi connectivity index (χ3n) is 0.658. The fourth-order valence-electron chi connectivity index (χ4n) is 0.362. The summed E-state index contributed by atoms with van der Waals surface area (Å²) < 4.78 is 1.89. The minimum Gasteiger partial charge on any atom is -0.392 e. The summed E-state index contributed by atoms with van der Waals surface area (Å²) in [6, 6.07) is 0. The van der Waals surface area contributed by atoms with Crippen LogP contribution in [0.4, 0.5) is 0 Å². The summed E-state index contributed by atoms with van der Waals surface area (Å²) in [7, 11) is 0. The van der Waals surface area contributed by atoms with Gasteiger partial charge in [0.15, 0.2) is 0 Å². The summed E-state index contributed by atoms with van der Waals surface area (Å²) in [5, 5.41) is 2.78. The molecule has 1 aliphatic heterocycles. The Bertz CT molecular complexity index is 143.